The van der Waals surface area contributed by atoms with Gasteiger partial charge < -0.3 is 9.88 Å². The molecule has 5 rings (SSSR count). The minimum absolute atomic E-state index is 0.0314. The molecule has 0 spiro atoms. The van der Waals surface area contributed by atoms with Gasteiger partial charge >= 0.3 is 0 Å². The first-order chi connectivity index (χ1) is 13.7. The van der Waals surface area contributed by atoms with Gasteiger partial charge in [0.15, 0.2) is 5.43 Å². The highest BCUT2D eigenvalue weighted by atomic mass is 16.2. The van der Waals surface area contributed by atoms with E-state index in [0.29, 0.717) is 17.5 Å². The van der Waals surface area contributed by atoms with Gasteiger partial charge in [-0.1, -0.05) is 48.5 Å². The van der Waals surface area contributed by atoms with E-state index in [0.717, 1.165) is 34.4 Å². The molecule has 3 aromatic carbocycles. The predicted octanol–water partition coefficient (Wildman–Crippen LogP) is 4.40. The topological polar surface area (TPSA) is 53.2 Å². The monoisotopic (exact) mass is 366 g/mol. The highest BCUT2D eigenvalue weighted by molar-refractivity contribution is 6.08. The van der Waals surface area contributed by atoms with Gasteiger partial charge in [0.05, 0.1) is 5.52 Å². The van der Waals surface area contributed by atoms with E-state index >= 15 is 0 Å². The van der Waals surface area contributed by atoms with E-state index in [2.05, 4.69) is 4.98 Å². The minimum atomic E-state index is -0.0468. The van der Waals surface area contributed by atoms with Crippen LogP contribution in [0.2, 0.25) is 0 Å². The molecule has 4 nitrogen and oxygen atoms in total. The summed E-state index contributed by atoms with van der Waals surface area (Å²) in [6.07, 6.45) is 0.779. The second kappa shape index (κ2) is 6.50. The highest BCUT2D eigenvalue weighted by Gasteiger charge is 2.26. The number of carbonyl (C=O) groups is 1. The fraction of sp³-hybridized carbons (Fsp3) is 0.0833. The van der Waals surface area contributed by atoms with Gasteiger partial charge in [0.2, 0.25) is 0 Å². The molecule has 4 aromatic rings. The van der Waals surface area contributed by atoms with Gasteiger partial charge in [-0.15, -0.1) is 0 Å². The Morgan fingerprint density at radius 2 is 1.61 bits per heavy atom. The molecule has 0 aliphatic carbocycles. The molecule has 0 radical (unpaired) electrons. The lowest BCUT2D eigenvalue weighted by molar-refractivity contribution is 0.0989. The second-order valence-electron chi connectivity index (χ2n) is 7.01. The summed E-state index contributed by atoms with van der Waals surface area (Å²) in [5.41, 5.74) is 5.10. The summed E-state index contributed by atoms with van der Waals surface area (Å²) in [6, 6.07) is 24.6. The third kappa shape index (κ3) is 2.70. The van der Waals surface area contributed by atoms with Crippen molar-refractivity contribution in [3.63, 3.8) is 0 Å². The Kier molecular flexibility index (Phi) is 3.83. The first-order valence-corrected chi connectivity index (χ1v) is 9.33. The molecular weight excluding hydrogens is 348 g/mol. The van der Waals surface area contributed by atoms with Crippen LogP contribution < -0.4 is 10.3 Å². The van der Waals surface area contributed by atoms with E-state index in [-0.39, 0.29) is 11.3 Å². The summed E-state index contributed by atoms with van der Waals surface area (Å²) in [5, 5.41) is 0.603. The normalized spacial score (nSPS) is 12.9. The number of H-pyrrole nitrogens is 1. The van der Waals surface area contributed by atoms with Gasteiger partial charge in [0.25, 0.3) is 5.91 Å². The van der Waals surface area contributed by atoms with Crippen molar-refractivity contribution in [3.8, 4) is 11.3 Å². The number of nitrogens with zero attached hydrogens (tertiary/aromatic N) is 1. The van der Waals surface area contributed by atoms with E-state index < -0.39 is 0 Å². The molecule has 4 heteroatoms. The molecule has 0 saturated heterocycles. The van der Waals surface area contributed by atoms with Crippen LogP contribution in [-0.4, -0.2) is 17.4 Å². The molecule has 136 valence electrons. The molecule has 0 bridgehead atoms. The lowest BCUT2D eigenvalue weighted by Gasteiger charge is -2.18. The van der Waals surface area contributed by atoms with Crippen molar-refractivity contribution in [3.05, 3.63) is 100 Å². The zero-order chi connectivity index (χ0) is 19.1. The first kappa shape index (κ1) is 16.5. The van der Waals surface area contributed by atoms with Crippen molar-refractivity contribution < 1.29 is 4.79 Å². The van der Waals surface area contributed by atoms with E-state index in [4.69, 9.17) is 0 Å². The van der Waals surface area contributed by atoms with Gasteiger partial charge in [-0.05, 0) is 41.8 Å². The summed E-state index contributed by atoms with van der Waals surface area (Å²) in [7, 11) is 0. The Labute approximate surface area is 162 Å². The van der Waals surface area contributed by atoms with E-state index in [1.165, 1.54) is 0 Å². The smallest absolute Gasteiger partial charge is 0.258 e. The van der Waals surface area contributed by atoms with E-state index in [1.54, 1.807) is 11.0 Å². The van der Waals surface area contributed by atoms with Gasteiger partial charge in [-0.25, -0.2) is 0 Å². The number of aromatic amines is 1. The number of anilines is 1. The Balaban J connectivity index is 1.61. The van der Waals surface area contributed by atoms with Crippen molar-refractivity contribution in [1.82, 2.24) is 4.98 Å². The first-order valence-electron chi connectivity index (χ1n) is 9.33. The van der Waals surface area contributed by atoms with Crippen LogP contribution in [0.5, 0.6) is 0 Å². The zero-order valence-electron chi connectivity index (χ0n) is 15.2. The summed E-state index contributed by atoms with van der Waals surface area (Å²) >= 11 is 0. The fourth-order valence-electron chi connectivity index (χ4n) is 3.86. The number of amides is 1. The van der Waals surface area contributed by atoms with Gasteiger partial charge in [0, 0.05) is 34.9 Å². The average molecular weight is 366 g/mol. The number of rotatable bonds is 2. The standard InChI is InChI=1S/C24H18N2O2/c27-23-15-20(16-7-3-1-4-8-16)25-21-13-18-11-12-26(22(18)14-19(21)23)24(28)17-9-5-2-6-10-17/h1-10,13-15H,11-12H2,(H,25,27). The molecule has 0 fully saturated rings. The minimum Gasteiger partial charge on any atom is -0.354 e. The van der Waals surface area contributed by atoms with Crippen LogP contribution >= 0.6 is 0 Å². The molecular formula is C24H18N2O2. The molecule has 1 aliphatic heterocycles. The number of hydrogen-bond donors (Lipinski definition) is 1. The molecule has 1 amide bonds. The van der Waals surface area contributed by atoms with Crippen LogP contribution in [0.15, 0.2) is 83.7 Å². The van der Waals surface area contributed by atoms with Gasteiger partial charge in [-0.3, -0.25) is 9.59 Å². The molecule has 0 saturated carbocycles. The summed E-state index contributed by atoms with van der Waals surface area (Å²) in [4.78, 5) is 30.9. The van der Waals surface area contributed by atoms with Gasteiger partial charge in [-0.2, -0.15) is 0 Å². The highest BCUT2D eigenvalue weighted by Crippen LogP contribution is 2.32. The Hall–Kier alpha value is -3.66. The Morgan fingerprint density at radius 1 is 0.893 bits per heavy atom. The average Bonchev–Trinajstić information content (AvgIpc) is 3.16. The number of nitrogens with one attached hydrogen (secondary N) is 1. The van der Waals surface area contributed by atoms with Crippen molar-refractivity contribution in [1.29, 1.82) is 0 Å². The van der Waals surface area contributed by atoms with Crippen LogP contribution in [0.3, 0.4) is 0 Å². The number of fused-ring (bicyclic) bond motifs is 2. The van der Waals surface area contributed by atoms with E-state index in [1.807, 2.05) is 72.8 Å². The molecule has 0 unspecified atom stereocenters. The van der Waals surface area contributed by atoms with Crippen LogP contribution in [0.25, 0.3) is 22.2 Å². The second-order valence-corrected chi connectivity index (χ2v) is 7.01. The number of hydrogen-bond acceptors (Lipinski definition) is 2. The van der Waals surface area contributed by atoms with Crippen molar-refractivity contribution in [2.24, 2.45) is 0 Å². The number of benzene rings is 3. The van der Waals surface area contributed by atoms with Crippen LogP contribution in [-0.2, 0) is 6.42 Å². The van der Waals surface area contributed by atoms with Crippen molar-refractivity contribution in [2.45, 2.75) is 6.42 Å². The summed E-state index contributed by atoms with van der Waals surface area (Å²) < 4.78 is 0. The molecule has 1 aliphatic rings. The molecule has 28 heavy (non-hydrogen) atoms. The quantitative estimate of drug-likeness (QED) is 0.572. The van der Waals surface area contributed by atoms with Crippen LogP contribution in [0.4, 0.5) is 5.69 Å². The molecule has 1 aromatic heterocycles. The van der Waals surface area contributed by atoms with Crippen molar-refractivity contribution in [2.75, 3.05) is 11.4 Å². The third-order valence-electron chi connectivity index (χ3n) is 5.28. The predicted molar refractivity (Wildman–Crippen MR) is 112 cm³/mol. The largest absolute Gasteiger partial charge is 0.354 e. The maximum atomic E-state index is 12.9. The maximum absolute atomic E-state index is 12.9. The third-order valence-corrected chi connectivity index (χ3v) is 5.28. The van der Waals surface area contributed by atoms with E-state index in [9.17, 15) is 9.59 Å². The lowest BCUT2D eigenvalue weighted by Crippen LogP contribution is -2.28. The number of aromatic nitrogens is 1. The van der Waals surface area contributed by atoms with Crippen molar-refractivity contribution >= 4 is 22.5 Å². The van der Waals surface area contributed by atoms with Crippen LogP contribution in [0.1, 0.15) is 15.9 Å². The number of carbonyl (C=O) groups excluding carboxylic acids is 1. The SMILES string of the molecule is O=C(c1ccccc1)N1CCc2cc3[nH]c(-c4ccccc4)cc(=O)c3cc21. The van der Waals surface area contributed by atoms with Crippen LogP contribution in [0, 0.1) is 0 Å². The summed E-state index contributed by atoms with van der Waals surface area (Å²) in [6.45, 7) is 0.624. The molecule has 2 heterocycles. The maximum Gasteiger partial charge on any atom is 0.258 e. The number of pyridine rings is 1. The molecule has 0 atom stereocenters. The molecule has 1 N–H and O–H groups in total. The Bertz CT molecular complexity index is 1240. The summed E-state index contributed by atoms with van der Waals surface area (Å²) in [5.74, 6) is -0.0314. The zero-order valence-corrected chi connectivity index (χ0v) is 15.2. The Morgan fingerprint density at radius 3 is 2.36 bits per heavy atom. The van der Waals surface area contributed by atoms with Gasteiger partial charge in [0.1, 0.15) is 0 Å². The fourth-order valence-corrected chi connectivity index (χ4v) is 3.86. The lowest BCUT2D eigenvalue weighted by atomic mass is 10.1.